The van der Waals surface area contributed by atoms with Crippen molar-refractivity contribution in [1.29, 1.82) is 0 Å². The van der Waals surface area contributed by atoms with Gasteiger partial charge in [-0.15, -0.1) is 11.3 Å². The van der Waals surface area contributed by atoms with Gasteiger partial charge in [0.2, 0.25) is 5.91 Å². The minimum absolute atomic E-state index is 0.162. The van der Waals surface area contributed by atoms with Crippen molar-refractivity contribution < 1.29 is 13.2 Å². The molecule has 144 valence electrons. The Bertz CT molecular complexity index is 1110. The van der Waals surface area contributed by atoms with Crippen LogP contribution in [0.25, 0.3) is 0 Å². The van der Waals surface area contributed by atoms with Gasteiger partial charge in [0.1, 0.15) is 16.1 Å². The Hall–Kier alpha value is -2.55. The Balaban J connectivity index is 1.70. The number of carbonyl (C=O) groups is 1. The van der Waals surface area contributed by atoms with Gasteiger partial charge in [0, 0.05) is 12.7 Å². The van der Waals surface area contributed by atoms with Crippen LogP contribution in [0, 0.1) is 6.92 Å². The molecular weight excluding hydrogens is 394 g/mol. The summed E-state index contributed by atoms with van der Waals surface area (Å²) in [5.41, 5.74) is 2.86. The van der Waals surface area contributed by atoms with E-state index < -0.39 is 16.1 Å². The predicted molar refractivity (Wildman–Crippen MR) is 109 cm³/mol. The number of anilines is 1. The zero-order valence-electron chi connectivity index (χ0n) is 15.2. The maximum atomic E-state index is 13.2. The molecule has 0 bridgehead atoms. The van der Waals surface area contributed by atoms with Crippen molar-refractivity contribution in [3.8, 4) is 0 Å². The van der Waals surface area contributed by atoms with Gasteiger partial charge in [-0.05, 0) is 53.6 Å². The summed E-state index contributed by atoms with van der Waals surface area (Å²) in [6, 6.07) is 13.6. The monoisotopic (exact) mass is 413 g/mol. The lowest BCUT2D eigenvalue weighted by Gasteiger charge is -2.34. The average molecular weight is 414 g/mol. The van der Waals surface area contributed by atoms with Gasteiger partial charge >= 0.3 is 0 Å². The van der Waals surface area contributed by atoms with Crippen molar-refractivity contribution in [3.63, 3.8) is 0 Å². The third kappa shape index (κ3) is 3.58. The van der Waals surface area contributed by atoms with Gasteiger partial charge in [-0.2, -0.15) is 4.31 Å². The fourth-order valence-corrected chi connectivity index (χ4v) is 6.00. The minimum Gasteiger partial charge on any atom is -0.309 e. The van der Waals surface area contributed by atoms with E-state index in [1.54, 1.807) is 29.8 Å². The molecule has 3 heterocycles. The van der Waals surface area contributed by atoms with Crippen molar-refractivity contribution in [2.45, 2.75) is 30.1 Å². The number of aromatic nitrogens is 1. The van der Waals surface area contributed by atoms with Crippen LogP contribution >= 0.6 is 11.3 Å². The number of hydrogen-bond acceptors (Lipinski definition) is 5. The maximum Gasteiger partial charge on any atom is 0.253 e. The number of hydrogen-bond donors (Lipinski definition) is 1. The lowest BCUT2D eigenvalue weighted by Crippen LogP contribution is -2.50. The SMILES string of the molecule is Cc1ccnc(NC(=O)[C@@H]2Cc3ccccc3CN2S(=O)(=O)c2cccs2)c1. The maximum absolute atomic E-state index is 13.2. The highest BCUT2D eigenvalue weighted by Crippen LogP contribution is 2.31. The third-order valence-corrected chi connectivity index (χ3v) is 7.96. The summed E-state index contributed by atoms with van der Waals surface area (Å²) in [4.78, 5) is 17.2. The molecule has 0 radical (unpaired) electrons. The number of nitrogens with one attached hydrogen (secondary N) is 1. The van der Waals surface area contributed by atoms with E-state index in [0.717, 1.165) is 28.0 Å². The van der Waals surface area contributed by atoms with Crippen LogP contribution in [0.2, 0.25) is 0 Å². The molecule has 0 saturated heterocycles. The third-order valence-electron chi connectivity index (χ3n) is 4.73. The first-order chi connectivity index (χ1) is 13.4. The van der Waals surface area contributed by atoms with Gasteiger partial charge in [0.25, 0.3) is 10.0 Å². The highest BCUT2D eigenvalue weighted by molar-refractivity contribution is 7.91. The van der Waals surface area contributed by atoms with Crippen LogP contribution in [-0.2, 0) is 27.8 Å². The molecule has 4 rings (SSSR count). The number of thiophene rings is 1. The zero-order chi connectivity index (χ0) is 19.7. The molecule has 8 heteroatoms. The van der Waals surface area contributed by atoms with Crippen molar-refractivity contribution in [2.24, 2.45) is 0 Å². The topological polar surface area (TPSA) is 79.4 Å². The smallest absolute Gasteiger partial charge is 0.253 e. The number of aryl methyl sites for hydroxylation is 1. The van der Waals surface area contributed by atoms with Crippen LogP contribution in [0.15, 0.2) is 64.3 Å². The molecule has 1 aromatic carbocycles. The van der Waals surface area contributed by atoms with E-state index >= 15 is 0 Å². The van der Waals surface area contributed by atoms with Crippen LogP contribution in [0.3, 0.4) is 0 Å². The molecule has 1 N–H and O–H groups in total. The molecule has 1 aliphatic heterocycles. The molecule has 0 aliphatic carbocycles. The molecule has 6 nitrogen and oxygen atoms in total. The molecule has 1 atom stereocenters. The van der Waals surface area contributed by atoms with Gasteiger partial charge < -0.3 is 5.32 Å². The van der Waals surface area contributed by atoms with E-state index in [4.69, 9.17) is 0 Å². The highest BCUT2D eigenvalue weighted by Gasteiger charge is 2.40. The average Bonchev–Trinajstić information content (AvgIpc) is 3.22. The van der Waals surface area contributed by atoms with Crippen molar-refractivity contribution in [1.82, 2.24) is 9.29 Å². The summed E-state index contributed by atoms with van der Waals surface area (Å²) in [5, 5.41) is 4.50. The zero-order valence-corrected chi connectivity index (χ0v) is 16.8. The quantitative estimate of drug-likeness (QED) is 0.712. The molecule has 1 aliphatic rings. The minimum atomic E-state index is -3.79. The molecule has 1 amide bonds. The molecule has 3 aromatic rings. The molecular formula is C20H19N3O3S2. The first-order valence-electron chi connectivity index (χ1n) is 8.81. The second kappa shape index (κ2) is 7.46. The molecule has 28 heavy (non-hydrogen) atoms. The van der Waals surface area contributed by atoms with Crippen LogP contribution in [0.4, 0.5) is 5.82 Å². The van der Waals surface area contributed by atoms with Crippen molar-refractivity contribution >= 4 is 33.1 Å². The number of amides is 1. The summed E-state index contributed by atoms with van der Waals surface area (Å²) in [6.07, 6.45) is 1.93. The second-order valence-electron chi connectivity index (χ2n) is 6.68. The molecule has 0 saturated carbocycles. The number of carbonyl (C=O) groups excluding carboxylic acids is 1. The van der Waals surface area contributed by atoms with Crippen molar-refractivity contribution in [3.05, 3.63) is 76.8 Å². The second-order valence-corrected chi connectivity index (χ2v) is 9.74. The Morgan fingerprint density at radius 2 is 1.96 bits per heavy atom. The Morgan fingerprint density at radius 1 is 1.18 bits per heavy atom. The van der Waals surface area contributed by atoms with Gasteiger partial charge in [-0.25, -0.2) is 13.4 Å². The summed E-state index contributed by atoms with van der Waals surface area (Å²) >= 11 is 1.15. The number of nitrogens with zero attached hydrogens (tertiary/aromatic N) is 2. The highest BCUT2D eigenvalue weighted by atomic mass is 32.2. The number of benzene rings is 1. The fraction of sp³-hybridized carbons (Fsp3) is 0.200. The Morgan fingerprint density at radius 3 is 2.68 bits per heavy atom. The van der Waals surface area contributed by atoms with E-state index in [1.165, 1.54) is 4.31 Å². The van der Waals surface area contributed by atoms with Crippen molar-refractivity contribution in [2.75, 3.05) is 5.32 Å². The number of pyridine rings is 1. The predicted octanol–water partition coefficient (Wildman–Crippen LogP) is 3.21. The first kappa shape index (κ1) is 18.8. The summed E-state index contributed by atoms with van der Waals surface area (Å²) in [6.45, 7) is 2.07. The van der Waals surface area contributed by atoms with E-state index in [2.05, 4.69) is 10.3 Å². The van der Waals surface area contributed by atoms with E-state index in [1.807, 2.05) is 37.3 Å². The largest absolute Gasteiger partial charge is 0.309 e. The number of fused-ring (bicyclic) bond motifs is 1. The van der Waals surface area contributed by atoms with Gasteiger partial charge in [0.05, 0.1) is 0 Å². The summed E-state index contributed by atoms with van der Waals surface area (Å²) in [5.74, 6) is 0.0325. The molecule has 0 unspecified atom stereocenters. The van der Waals surface area contributed by atoms with Gasteiger partial charge in [-0.1, -0.05) is 30.3 Å². The van der Waals surface area contributed by atoms with Gasteiger partial charge in [-0.3, -0.25) is 4.79 Å². The lowest BCUT2D eigenvalue weighted by molar-refractivity contribution is -0.120. The van der Waals surface area contributed by atoms with Crippen LogP contribution < -0.4 is 5.32 Å². The van der Waals surface area contributed by atoms with E-state index in [9.17, 15) is 13.2 Å². The summed E-state index contributed by atoms with van der Waals surface area (Å²) < 4.78 is 28.0. The molecule has 2 aromatic heterocycles. The Labute approximate surface area is 167 Å². The lowest BCUT2D eigenvalue weighted by atomic mass is 9.95. The standard InChI is InChI=1S/C20H19N3O3S2/c1-14-8-9-21-18(11-14)22-20(24)17-12-15-5-2-3-6-16(15)13-23(17)28(25,26)19-7-4-10-27-19/h2-11,17H,12-13H2,1H3,(H,21,22,24)/t17-/m0/s1. The van der Waals surface area contributed by atoms with Gasteiger partial charge in [0.15, 0.2) is 0 Å². The van der Waals surface area contributed by atoms with Crippen LogP contribution in [0.5, 0.6) is 0 Å². The van der Waals surface area contributed by atoms with Crippen LogP contribution in [-0.4, -0.2) is 29.7 Å². The van der Waals surface area contributed by atoms with E-state index in [-0.39, 0.29) is 16.7 Å². The molecule has 0 fully saturated rings. The number of rotatable bonds is 4. The fourth-order valence-electron chi connectivity index (χ4n) is 3.31. The summed E-state index contributed by atoms with van der Waals surface area (Å²) in [7, 11) is -3.79. The molecule has 0 spiro atoms. The van der Waals surface area contributed by atoms with Crippen LogP contribution in [0.1, 0.15) is 16.7 Å². The van der Waals surface area contributed by atoms with E-state index in [0.29, 0.717) is 12.2 Å². The first-order valence-corrected chi connectivity index (χ1v) is 11.1. The normalized spacial score (nSPS) is 17.1. The number of sulfonamides is 1. The Kier molecular flexibility index (Phi) is 5.01.